The van der Waals surface area contributed by atoms with Crippen LogP contribution in [-0.4, -0.2) is 29.3 Å². The van der Waals surface area contributed by atoms with Crippen molar-refractivity contribution >= 4 is 11.9 Å². The summed E-state index contributed by atoms with van der Waals surface area (Å²) in [4.78, 5) is 22.6. The van der Waals surface area contributed by atoms with Gasteiger partial charge in [-0.3, -0.25) is 0 Å². The fourth-order valence-corrected chi connectivity index (χ4v) is 1.96. The van der Waals surface area contributed by atoms with Crippen molar-refractivity contribution in [1.82, 2.24) is 0 Å². The van der Waals surface area contributed by atoms with Gasteiger partial charge in [0.25, 0.3) is 0 Å². The summed E-state index contributed by atoms with van der Waals surface area (Å²) in [6.07, 6.45) is 0.0686. The number of benzene rings is 1. The molecule has 0 unspecified atom stereocenters. The number of hydrogen-bond donors (Lipinski definition) is 2. The zero-order valence-corrected chi connectivity index (χ0v) is 17.7. The van der Waals surface area contributed by atoms with Crippen LogP contribution in [0.15, 0.2) is 35.4 Å². The molecule has 0 spiro atoms. The molecule has 0 radical (unpaired) electrons. The van der Waals surface area contributed by atoms with E-state index >= 15 is 0 Å². The van der Waals surface area contributed by atoms with E-state index in [2.05, 4.69) is 0 Å². The summed E-state index contributed by atoms with van der Waals surface area (Å²) in [6, 6.07) is 6.87. The van der Waals surface area contributed by atoms with Gasteiger partial charge >= 0.3 is 71.1 Å². The van der Waals surface area contributed by atoms with Gasteiger partial charge in [-0.25, -0.2) is 9.59 Å². The second kappa shape index (κ2) is 11.3. The standard InChI is InChI=1S/C15H18O5.2Na.2H/c1-9(2)13(15(18)19)12(14(16)17)8-10-4-6-11(20-3)7-5-10;;;;/h4-7,9H,8H2,1-3H3,(H,16,17)(H,18,19);;;;/q;2*+1;2*-1/b13-12-;;;;. The first-order valence-electron chi connectivity index (χ1n) is 6.19. The van der Waals surface area contributed by atoms with Gasteiger partial charge in [-0.1, -0.05) is 26.0 Å². The van der Waals surface area contributed by atoms with E-state index in [4.69, 9.17) is 4.74 Å². The predicted octanol–water partition coefficient (Wildman–Crippen LogP) is -3.41. The van der Waals surface area contributed by atoms with E-state index in [0.717, 1.165) is 5.56 Å². The van der Waals surface area contributed by atoms with Gasteiger partial charge in [0.2, 0.25) is 0 Å². The van der Waals surface area contributed by atoms with Gasteiger partial charge < -0.3 is 17.8 Å². The number of carboxylic acids is 2. The van der Waals surface area contributed by atoms with E-state index in [1.807, 2.05) is 0 Å². The predicted molar refractivity (Wildman–Crippen MR) is 76.1 cm³/mol. The molecule has 112 valence electrons. The molecular formula is C15H20Na2O5. The van der Waals surface area contributed by atoms with Crippen LogP contribution in [-0.2, 0) is 16.0 Å². The smallest absolute Gasteiger partial charge is 1.00 e. The number of carboxylic acid groups (broad SMARTS) is 2. The fourth-order valence-electron chi connectivity index (χ4n) is 1.96. The Labute approximate surface area is 177 Å². The van der Waals surface area contributed by atoms with Crippen LogP contribution in [0.1, 0.15) is 22.3 Å². The van der Waals surface area contributed by atoms with Gasteiger partial charge in [-0.2, -0.15) is 0 Å². The van der Waals surface area contributed by atoms with Gasteiger partial charge in [0.15, 0.2) is 0 Å². The SMILES string of the molecule is COc1ccc(C/C(C(=O)O)=C(/C(=O)O)C(C)C)cc1.[H-].[H-].[Na+].[Na+]. The zero-order valence-electron chi connectivity index (χ0n) is 15.7. The minimum atomic E-state index is -1.20. The molecule has 0 bridgehead atoms. The van der Waals surface area contributed by atoms with Crippen LogP contribution < -0.4 is 63.9 Å². The average molecular weight is 326 g/mol. The van der Waals surface area contributed by atoms with Crippen LogP contribution in [0.3, 0.4) is 0 Å². The molecule has 1 rings (SSSR count). The second-order valence-electron chi connectivity index (χ2n) is 4.68. The van der Waals surface area contributed by atoms with Crippen LogP contribution >= 0.6 is 0 Å². The number of aliphatic carboxylic acids is 2. The maximum Gasteiger partial charge on any atom is 1.00 e. The van der Waals surface area contributed by atoms with E-state index < -0.39 is 11.9 Å². The molecule has 0 aliphatic carbocycles. The molecular weight excluding hydrogens is 306 g/mol. The van der Waals surface area contributed by atoms with E-state index in [-0.39, 0.29) is 85.5 Å². The molecule has 0 amide bonds. The first-order chi connectivity index (χ1) is 9.36. The minimum Gasteiger partial charge on any atom is -1.00 e. The molecule has 0 aliphatic rings. The first-order valence-corrected chi connectivity index (χ1v) is 6.19. The number of hydrogen-bond acceptors (Lipinski definition) is 3. The van der Waals surface area contributed by atoms with Crippen molar-refractivity contribution in [2.24, 2.45) is 5.92 Å². The summed E-state index contributed by atoms with van der Waals surface area (Å²) in [5, 5.41) is 18.4. The Bertz CT molecular complexity index is 545. The third kappa shape index (κ3) is 6.86. The normalized spacial score (nSPS) is 10.9. The van der Waals surface area contributed by atoms with Crippen LogP contribution in [0.5, 0.6) is 5.75 Å². The van der Waals surface area contributed by atoms with Crippen molar-refractivity contribution in [2.45, 2.75) is 20.3 Å². The Morgan fingerprint density at radius 1 is 1.09 bits per heavy atom. The Balaban J connectivity index is -0.000000500. The first kappa shape index (κ1) is 24.0. The summed E-state index contributed by atoms with van der Waals surface area (Å²) in [5.74, 6) is -2.09. The van der Waals surface area contributed by atoms with Crippen molar-refractivity contribution < 1.29 is 86.5 Å². The zero-order chi connectivity index (χ0) is 15.3. The van der Waals surface area contributed by atoms with E-state index in [1.54, 1.807) is 45.2 Å². The van der Waals surface area contributed by atoms with Gasteiger partial charge in [-0.15, -0.1) is 0 Å². The largest absolute Gasteiger partial charge is 1.00 e. The molecule has 7 heteroatoms. The molecule has 0 heterocycles. The van der Waals surface area contributed by atoms with Gasteiger partial charge in [0.05, 0.1) is 18.3 Å². The monoisotopic (exact) mass is 326 g/mol. The van der Waals surface area contributed by atoms with Crippen LogP contribution in [0.4, 0.5) is 0 Å². The third-order valence-electron chi connectivity index (χ3n) is 2.93. The van der Waals surface area contributed by atoms with Crippen LogP contribution in [0.2, 0.25) is 0 Å². The molecule has 0 saturated carbocycles. The van der Waals surface area contributed by atoms with Crippen molar-refractivity contribution in [3.63, 3.8) is 0 Å². The maximum absolute atomic E-state index is 11.3. The minimum absolute atomic E-state index is 0. The number of methoxy groups -OCH3 is 1. The molecule has 0 atom stereocenters. The fraction of sp³-hybridized carbons (Fsp3) is 0.333. The quantitative estimate of drug-likeness (QED) is 0.420. The van der Waals surface area contributed by atoms with Crippen LogP contribution in [0, 0.1) is 5.92 Å². The van der Waals surface area contributed by atoms with Gasteiger partial charge in [0, 0.05) is 6.42 Å². The maximum atomic E-state index is 11.3. The molecule has 0 saturated heterocycles. The summed E-state index contributed by atoms with van der Waals surface area (Å²) < 4.78 is 5.02. The molecule has 2 N–H and O–H groups in total. The Morgan fingerprint density at radius 2 is 1.59 bits per heavy atom. The third-order valence-corrected chi connectivity index (χ3v) is 2.93. The molecule has 0 aromatic heterocycles. The van der Waals surface area contributed by atoms with Gasteiger partial charge in [-0.05, 0) is 23.6 Å². The topological polar surface area (TPSA) is 83.8 Å². The van der Waals surface area contributed by atoms with E-state index in [1.165, 1.54) is 0 Å². The molecule has 1 aromatic carbocycles. The molecule has 1 aromatic rings. The molecule has 5 nitrogen and oxygen atoms in total. The summed E-state index contributed by atoms with van der Waals surface area (Å²) in [7, 11) is 1.54. The Kier molecular flexibility index (Phi) is 12.3. The summed E-state index contributed by atoms with van der Waals surface area (Å²) in [5.41, 5.74) is 0.577. The second-order valence-corrected chi connectivity index (χ2v) is 4.68. The molecule has 0 fully saturated rings. The van der Waals surface area contributed by atoms with Crippen molar-refractivity contribution in [2.75, 3.05) is 7.11 Å². The summed E-state index contributed by atoms with van der Waals surface area (Å²) in [6.45, 7) is 3.33. The van der Waals surface area contributed by atoms with Crippen molar-refractivity contribution in [3.8, 4) is 5.75 Å². The molecule has 22 heavy (non-hydrogen) atoms. The number of ether oxygens (including phenoxy) is 1. The van der Waals surface area contributed by atoms with E-state index in [0.29, 0.717) is 5.75 Å². The Hall–Kier alpha value is -0.300. The number of rotatable bonds is 6. The van der Waals surface area contributed by atoms with Crippen molar-refractivity contribution in [3.05, 3.63) is 41.0 Å². The Morgan fingerprint density at radius 3 is 1.91 bits per heavy atom. The van der Waals surface area contributed by atoms with Gasteiger partial charge in [0.1, 0.15) is 5.75 Å². The van der Waals surface area contributed by atoms with Crippen LogP contribution in [0.25, 0.3) is 0 Å². The van der Waals surface area contributed by atoms with E-state index in [9.17, 15) is 19.8 Å². The molecule has 0 aliphatic heterocycles. The van der Waals surface area contributed by atoms with Crippen molar-refractivity contribution in [1.29, 1.82) is 0 Å². The number of carbonyl (C=O) groups is 2. The summed E-state index contributed by atoms with van der Waals surface area (Å²) >= 11 is 0. The average Bonchev–Trinajstić information content (AvgIpc) is 2.37.